The lowest BCUT2D eigenvalue weighted by Gasteiger charge is -2.29. The van der Waals surface area contributed by atoms with Crippen LogP contribution in [0.25, 0.3) is 0 Å². The maximum Gasteiger partial charge on any atom is 0.410 e. The van der Waals surface area contributed by atoms with Crippen molar-refractivity contribution in [3.05, 3.63) is 35.9 Å². The second-order valence-corrected chi connectivity index (χ2v) is 4.66. The van der Waals surface area contributed by atoms with Crippen molar-refractivity contribution in [2.24, 2.45) is 16.9 Å². The highest BCUT2D eigenvalue weighted by atomic mass is 16.6. The maximum atomic E-state index is 11.9. The first-order chi connectivity index (χ1) is 9.29. The van der Waals surface area contributed by atoms with Crippen LogP contribution in [0, 0.1) is 5.92 Å². The van der Waals surface area contributed by atoms with Crippen LogP contribution < -0.4 is 5.84 Å². The number of ether oxygens (including phenoxy) is 1. The zero-order valence-corrected chi connectivity index (χ0v) is 10.9. The van der Waals surface area contributed by atoms with E-state index in [1.54, 1.807) is 11.1 Å². The van der Waals surface area contributed by atoms with Gasteiger partial charge in [0.1, 0.15) is 6.61 Å². The smallest absolute Gasteiger partial charge is 0.410 e. The molecule has 1 fully saturated rings. The van der Waals surface area contributed by atoms with E-state index in [1.807, 2.05) is 30.3 Å². The molecule has 0 radical (unpaired) electrons. The average Bonchev–Trinajstić information content (AvgIpc) is 2.47. The standard InChI is InChI=1S/C14H19N3O2/c15-16-10-12-6-8-17(9-7-12)14(18)19-11-13-4-2-1-3-5-13/h1-5,10,12H,6-9,11,15H2/b16-10+. The van der Waals surface area contributed by atoms with Crippen LogP contribution in [0.3, 0.4) is 0 Å². The topological polar surface area (TPSA) is 67.9 Å². The van der Waals surface area contributed by atoms with Crippen molar-refractivity contribution in [2.75, 3.05) is 13.1 Å². The Hall–Kier alpha value is -2.04. The molecule has 1 aromatic rings. The van der Waals surface area contributed by atoms with Gasteiger partial charge in [-0.25, -0.2) is 4.79 Å². The zero-order valence-electron chi connectivity index (χ0n) is 10.9. The summed E-state index contributed by atoms with van der Waals surface area (Å²) in [7, 11) is 0. The second-order valence-electron chi connectivity index (χ2n) is 4.66. The van der Waals surface area contributed by atoms with Crippen LogP contribution in [0.5, 0.6) is 0 Å². The van der Waals surface area contributed by atoms with E-state index >= 15 is 0 Å². The third kappa shape index (κ3) is 3.98. The van der Waals surface area contributed by atoms with Gasteiger partial charge in [-0.3, -0.25) is 0 Å². The third-order valence-electron chi connectivity index (χ3n) is 3.30. The molecule has 2 N–H and O–H groups in total. The van der Waals surface area contributed by atoms with Gasteiger partial charge in [0.05, 0.1) is 0 Å². The fourth-order valence-electron chi connectivity index (χ4n) is 2.16. The predicted octanol–water partition coefficient (Wildman–Crippen LogP) is 1.98. The molecule has 1 saturated heterocycles. The summed E-state index contributed by atoms with van der Waals surface area (Å²) in [6.07, 6.45) is 3.29. The lowest BCUT2D eigenvalue weighted by atomic mass is 9.99. The molecule has 1 amide bonds. The Labute approximate surface area is 113 Å². The largest absolute Gasteiger partial charge is 0.445 e. The molecule has 1 aliphatic rings. The summed E-state index contributed by atoms with van der Waals surface area (Å²) in [6, 6.07) is 9.69. The van der Waals surface area contributed by atoms with Gasteiger partial charge in [0, 0.05) is 19.3 Å². The fourth-order valence-corrected chi connectivity index (χ4v) is 2.16. The van der Waals surface area contributed by atoms with E-state index in [1.165, 1.54) is 0 Å². The molecule has 0 bridgehead atoms. The summed E-state index contributed by atoms with van der Waals surface area (Å²) in [4.78, 5) is 13.6. The summed E-state index contributed by atoms with van der Waals surface area (Å²) < 4.78 is 5.29. The molecule has 0 saturated carbocycles. The number of piperidine rings is 1. The Morgan fingerprint density at radius 2 is 2.05 bits per heavy atom. The zero-order chi connectivity index (χ0) is 13.5. The first-order valence-electron chi connectivity index (χ1n) is 6.48. The molecule has 0 spiro atoms. The molecule has 19 heavy (non-hydrogen) atoms. The number of rotatable bonds is 3. The number of benzene rings is 1. The van der Waals surface area contributed by atoms with Crippen LogP contribution in [0.1, 0.15) is 18.4 Å². The Bertz CT molecular complexity index is 426. The molecule has 0 unspecified atom stereocenters. The van der Waals surface area contributed by atoms with Gasteiger partial charge in [0.25, 0.3) is 0 Å². The number of carbonyl (C=O) groups excluding carboxylic acids is 1. The number of nitrogens with two attached hydrogens (primary N) is 1. The highest BCUT2D eigenvalue weighted by Crippen LogP contribution is 2.16. The van der Waals surface area contributed by atoms with Crippen LogP contribution in [0.15, 0.2) is 35.4 Å². The van der Waals surface area contributed by atoms with Crippen LogP contribution in [-0.2, 0) is 11.3 Å². The van der Waals surface area contributed by atoms with Crippen molar-refractivity contribution in [3.8, 4) is 0 Å². The van der Waals surface area contributed by atoms with E-state index in [9.17, 15) is 4.79 Å². The molecule has 5 nitrogen and oxygen atoms in total. The Balaban J connectivity index is 1.75. The van der Waals surface area contributed by atoms with Gasteiger partial charge < -0.3 is 15.5 Å². The fraction of sp³-hybridized carbons (Fsp3) is 0.429. The number of nitrogens with zero attached hydrogens (tertiary/aromatic N) is 2. The maximum absolute atomic E-state index is 11.9. The van der Waals surface area contributed by atoms with Crippen molar-refractivity contribution >= 4 is 12.3 Å². The summed E-state index contributed by atoms with van der Waals surface area (Å²) in [6.45, 7) is 1.72. The van der Waals surface area contributed by atoms with E-state index in [0.29, 0.717) is 25.6 Å². The first kappa shape index (κ1) is 13.4. The summed E-state index contributed by atoms with van der Waals surface area (Å²) in [5.74, 6) is 5.51. The molecule has 0 aliphatic carbocycles. The molecule has 0 aromatic heterocycles. The lowest BCUT2D eigenvalue weighted by molar-refractivity contribution is 0.0867. The molecular weight excluding hydrogens is 242 g/mol. The van der Waals surface area contributed by atoms with Gasteiger partial charge in [-0.15, -0.1) is 0 Å². The minimum absolute atomic E-state index is 0.244. The highest BCUT2D eigenvalue weighted by molar-refractivity contribution is 5.68. The van der Waals surface area contributed by atoms with Crippen molar-refractivity contribution in [2.45, 2.75) is 19.4 Å². The Kier molecular flexibility index (Phi) is 4.78. The van der Waals surface area contributed by atoms with Gasteiger partial charge in [-0.1, -0.05) is 30.3 Å². The van der Waals surface area contributed by atoms with Gasteiger partial charge in [-0.05, 0) is 24.3 Å². The van der Waals surface area contributed by atoms with Crippen LogP contribution in [-0.4, -0.2) is 30.3 Å². The minimum Gasteiger partial charge on any atom is -0.445 e. The van der Waals surface area contributed by atoms with E-state index in [-0.39, 0.29) is 6.09 Å². The minimum atomic E-state index is -0.244. The number of hydrazone groups is 1. The van der Waals surface area contributed by atoms with Crippen molar-refractivity contribution < 1.29 is 9.53 Å². The summed E-state index contributed by atoms with van der Waals surface area (Å²) in [5, 5.41) is 3.55. The summed E-state index contributed by atoms with van der Waals surface area (Å²) in [5.41, 5.74) is 1.00. The van der Waals surface area contributed by atoms with Gasteiger partial charge in [-0.2, -0.15) is 5.10 Å². The predicted molar refractivity (Wildman–Crippen MR) is 73.6 cm³/mol. The second kappa shape index (κ2) is 6.78. The van der Waals surface area contributed by atoms with Crippen LogP contribution in [0.2, 0.25) is 0 Å². The molecule has 5 heteroatoms. The van der Waals surface area contributed by atoms with E-state index in [2.05, 4.69) is 5.10 Å². The number of carbonyl (C=O) groups is 1. The highest BCUT2D eigenvalue weighted by Gasteiger charge is 2.22. The Morgan fingerprint density at radius 1 is 1.37 bits per heavy atom. The SMILES string of the molecule is N/N=C/C1CCN(C(=O)OCc2ccccc2)CC1. The van der Waals surface area contributed by atoms with Gasteiger partial charge >= 0.3 is 6.09 Å². The molecule has 102 valence electrons. The van der Waals surface area contributed by atoms with E-state index < -0.39 is 0 Å². The third-order valence-corrected chi connectivity index (χ3v) is 3.30. The monoisotopic (exact) mass is 261 g/mol. The number of likely N-dealkylation sites (tertiary alicyclic amines) is 1. The molecule has 1 aromatic carbocycles. The first-order valence-corrected chi connectivity index (χ1v) is 6.48. The number of amides is 1. The van der Waals surface area contributed by atoms with Gasteiger partial charge in [0.2, 0.25) is 0 Å². The molecule has 0 atom stereocenters. The van der Waals surface area contributed by atoms with Gasteiger partial charge in [0.15, 0.2) is 0 Å². The van der Waals surface area contributed by atoms with Crippen LogP contribution in [0.4, 0.5) is 4.79 Å². The molecule has 1 heterocycles. The molecule has 1 aliphatic heterocycles. The molecular formula is C14H19N3O2. The van der Waals surface area contributed by atoms with Crippen molar-refractivity contribution in [1.82, 2.24) is 4.90 Å². The van der Waals surface area contributed by atoms with E-state index in [0.717, 1.165) is 18.4 Å². The lowest BCUT2D eigenvalue weighted by Crippen LogP contribution is -2.39. The quantitative estimate of drug-likeness (QED) is 0.514. The number of hydrogen-bond donors (Lipinski definition) is 1. The number of hydrogen-bond acceptors (Lipinski definition) is 4. The van der Waals surface area contributed by atoms with Crippen LogP contribution >= 0.6 is 0 Å². The average molecular weight is 261 g/mol. The normalized spacial score (nSPS) is 16.7. The molecule has 2 rings (SSSR count). The van der Waals surface area contributed by atoms with Crippen molar-refractivity contribution in [3.63, 3.8) is 0 Å². The van der Waals surface area contributed by atoms with E-state index in [4.69, 9.17) is 10.6 Å². The Morgan fingerprint density at radius 3 is 2.68 bits per heavy atom. The summed E-state index contributed by atoms with van der Waals surface area (Å²) >= 11 is 0. The van der Waals surface area contributed by atoms with Crippen molar-refractivity contribution in [1.29, 1.82) is 0 Å².